The number of amides is 1. The molecule has 1 heterocycles. The third-order valence-electron chi connectivity index (χ3n) is 5.07. The van der Waals surface area contributed by atoms with Crippen molar-refractivity contribution in [2.24, 2.45) is 0 Å². The maximum atomic E-state index is 13.2. The van der Waals surface area contributed by atoms with Crippen molar-refractivity contribution in [3.8, 4) is 11.1 Å². The Bertz CT molecular complexity index is 957. The van der Waals surface area contributed by atoms with Gasteiger partial charge in [0.15, 0.2) is 0 Å². The molecule has 1 amide bonds. The predicted octanol–water partition coefficient (Wildman–Crippen LogP) is 2.66. The lowest BCUT2D eigenvalue weighted by molar-refractivity contribution is -0.128. The molecule has 2 aromatic rings. The first-order valence-electron chi connectivity index (χ1n) is 9.43. The maximum Gasteiger partial charge on any atom is 0.243 e. The van der Waals surface area contributed by atoms with E-state index in [9.17, 15) is 13.2 Å². The molecule has 1 aliphatic rings. The van der Waals surface area contributed by atoms with E-state index in [1.54, 1.807) is 23.1 Å². The van der Waals surface area contributed by atoms with Gasteiger partial charge in [0.1, 0.15) is 0 Å². The van der Waals surface area contributed by atoms with Gasteiger partial charge in [0.05, 0.1) is 4.90 Å². The van der Waals surface area contributed by atoms with Gasteiger partial charge in [0, 0.05) is 58.4 Å². The molecular weight excluding hydrogens is 374 g/mol. The molecule has 2 aromatic carbocycles. The highest BCUT2D eigenvalue weighted by Crippen LogP contribution is 2.31. The number of hydrogen-bond donors (Lipinski definition) is 0. The Kier molecular flexibility index (Phi) is 6.05. The lowest BCUT2D eigenvalue weighted by Gasteiger charge is -2.22. The fourth-order valence-electron chi connectivity index (χ4n) is 3.53. The van der Waals surface area contributed by atoms with E-state index in [1.165, 1.54) is 11.2 Å². The van der Waals surface area contributed by atoms with Gasteiger partial charge >= 0.3 is 0 Å². The zero-order chi connectivity index (χ0) is 20.3. The van der Waals surface area contributed by atoms with Gasteiger partial charge in [-0.1, -0.05) is 30.3 Å². The fourth-order valence-corrected chi connectivity index (χ4v) is 5.05. The predicted molar refractivity (Wildman–Crippen MR) is 112 cm³/mol. The zero-order valence-electron chi connectivity index (χ0n) is 16.6. The van der Waals surface area contributed by atoms with Crippen LogP contribution in [0.15, 0.2) is 53.4 Å². The number of hydrogen-bond acceptors (Lipinski definition) is 4. The largest absolute Gasteiger partial charge is 0.377 e. The average molecular weight is 402 g/mol. The van der Waals surface area contributed by atoms with E-state index in [1.807, 2.05) is 49.3 Å². The first kappa shape index (κ1) is 20.4. The first-order chi connectivity index (χ1) is 13.3. The lowest BCUT2D eigenvalue weighted by Crippen LogP contribution is -2.36. The summed E-state index contributed by atoms with van der Waals surface area (Å²) < 4.78 is 28.0. The molecule has 0 spiro atoms. The van der Waals surface area contributed by atoms with Gasteiger partial charge in [-0.3, -0.25) is 4.79 Å². The maximum absolute atomic E-state index is 13.2. The summed E-state index contributed by atoms with van der Waals surface area (Å²) in [4.78, 5) is 15.6. The molecule has 1 saturated heterocycles. The van der Waals surface area contributed by atoms with E-state index in [2.05, 4.69) is 0 Å². The molecular formula is C21H27N3O3S. The molecule has 1 aliphatic heterocycles. The highest BCUT2D eigenvalue weighted by atomic mass is 32.2. The van der Waals surface area contributed by atoms with Gasteiger partial charge in [-0.15, -0.1) is 0 Å². The molecule has 6 nitrogen and oxygen atoms in total. The molecule has 0 radical (unpaired) electrons. The zero-order valence-corrected chi connectivity index (χ0v) is 17.4. The molecule has 0 atom stereocenters. The quantitative estimate of drug-likeness (QED) is 0.790. The van der Waals surface area contributed by atoms with Crippen molar-refractivity contribution in [2.75, 3.05) is 45.2 Å². The summed E-state index contributed by atoms with van der Waals surface area (Å²) in [6.45, 7) is 3.29. The van der Waals surface area contributed by atoms with Gasteiger partial charge in [-0.2, -0.15) is 4.31 Å². The van der Waals surface area contributed by atoms with Crippen molar-refractivity contribution in [1.29, 1.82) is 0 Å². The summed E-state index contributed by atoms with van der Waals surface area (Å²) >= 11 is 0. The van der Waals surface area contributed by atoms with Gasteiger partial charge in [-0.05, 0) is 30.2 Å². The SMILES string of the molecule is CC(=O)N1CCCN(S(=O)(=O)c2cccc(-c3ccccc3N(C)C)c2)CC1. The van der Waals surface area contributed by atoms with E-state index in [-0.39, 0.29) is 10.8 Å². The lowest BCUT2D eigenvalue weighted by atomic mass is 10.0. The molecule has 0 bridgehead atoms. The van der Waals surface area contributed by atoms with Crippen molar-refractivity contribution in [3.05, 3.63) is 48.5 Å². The summed E-state index contributed by atoms with van der Waals surface area (Å²) in [7, 11) is 0.323. The Hall–Kier alpha value is -2.38. The number of anilines is 1. The molecule has 150 valence electrons. The van der Waals surface area contributed by atoms with Crippen LogP contribution in [0.5, 0.6) is 0 Å². The number of sulfonamides is 1. The monoisotopic (exact) mass is 401 g/mol. The average Bonchev–Trinajstić information content (AvgIpc) is 2.95. The number of benzene rings is 2. The minimum Gasteiger partial charge on any atom is -0.377 e. The molecule has 7 heteroatoms. The Labute approximate surface area is 167 Å². The molecule has 0 aliphatic carbocycles. The summed E-state index contributed by atoms with van der Waals surface area (Å²) in [5.74, 6) is -0.0125. The van der Waals surface area contributed by atoms with Crippen LogP contribution in [0.2, 0.25) is 0 Å². The summed E-state index contributed by atoms with van der Waals surface area (Å²) in [6.07, 6.45) is 0.641. The number of rotatable bonds is 4. The standard InChI is InChI=1S/C21H27N3O3S/c1-17(25)23-12-7-13-24(15-14-23)28(26,27)19-9-6-8-18(16-19)20-10-4-5-11-21(20)22(2)3/h4-6,8-11,16H,7,12-15H2,1-3H3. The highest BCUT2D eigenvalue weighted by molar-refractivity contribution is 7.89. The van der Waals surface area contributed by atoms with Crippen LogP contribution in [0.4, 0.5) is 5.69 Å². The van der Waals surface area contributed by atoms with Crippen LogP contribution in [0, 0.1) is 0 Å². The molecule has 28 heavy (non-hydrogen) atoms. The van der Waals surface area contributed by atoms with E-state index < -0.39 is 10.0 Å². The van der Waals surface area contributed by atoms with Crippen molar-refractivity contribution >= 4 is 21.6 Å². The highest BCUT2D eigenvalue weighted by Gasteiger charge is 2.27. The van der Waals surface area contributed by atoms with Crippen LogP contribution < -0.4 is 4.90 Å². The Morgan fingerprint density at radius 3 is 2.43 bits per heavy atom. The van der Waals surface area contributed by atoms with Crippen molar-refractivity contribution in [1.82, 2.24) is 9.21 Å². The summed E-state index contributed by atoms with van der Waals surface area (Å²) in [5.41, 5.74) is 2.89. The molecule has 0 N–H and O–H groups in total. The minimum atomic E-state index is -3.62. The smallest absolute Gasteiger partial charge is 0.243 e. The van der Waals surface area contributed by atoms with E-state index in [0.717, 1.165) is 16.8 Å². The van der Waals surface area contributed by atoms with Crippen molar-refractivity contribution in [3.63, 3.8) is 0 Å². The Morgan fingerprint density at radius 2 is 1.71 bits per heavy atom. The second-order valence-corrected chi connectivity index (χ2v) is 9.14. The van der Waals surface area contributed by atoms with E-state index in [4.69, 9.17) is 0 Å². The van der Waals surface area contributed by atoms with Gasteiger partial charge in [-0.25, -0.2) is 8.42 Å². The number of para-hydroxylation sites is 1. The van der Waals surface area contributed by atoms with Crippen LogP contribution in [-0.4, -0.2) is 63.8 Å². The Morgan fingerprint density at radius 1 is 0.964 bits per heavy atom. The molecule has 1 fully saturated rings. The number of carbonyl (C=O) groups excluding carboxylic acids is 1. The van der Waals surface area contributed by atoms with Crippen LogP contribution >= 0.6 is 0 Å². The van der Waals surface area contributed by atoms with Gasteiger partial charge < -0.3 is 9.80 Å². The van der Waals surface area contributed by atoms with E-state index in [0.29, 0.717) is 32.6 Å². The van der Waals surface area contributed by atoms with Gasteiger partial charge in [0.2, 0.25) is 15.9 Å². The summed E-state index contributed by atoms with van der Waals surface area (Å²) in [6, 6.07) is 15.0. The molecule has 0 unspecified atom stereocenters. The van der Waals surface area contributed by atoms with E-state index >= 15 is 0 Å². The van der Waals surface area contributed by atoms with Crippen molar-refractivity contribution < 1.29 is 13.2 Å². The third-order valence-corrected chi connectivity index (χ3v) is 6.96. The third kappa shape index (κ3) is 4.20. The normalized spacial score (nSPS) is 15.9. The molecule has 3 rings (SSSR count). The van der Waals surface area contributed by atoms with Crippen LogP contribution in [0.25, 0.3) is 11.1 Å². The topological polar surface area (TPSA) is 60.9 Å². The second kappa shape index (κ2) is 8.32. The van der Waals surface area contributed by atoms with Crippen molar-refractivity contribution in [2.45, 2.75) is 18.2 Å². The van der Waals surface area contributed by atoms with Gasteiger partial charge in [0.25, 0.3) is 0 Å². The Balaban J connectivity index is 1.92. The number of nitrogens with zero attached hydrogens (tertiary/aromatic N) is 3. The fraction of sp³-hybridized carbons (Fsp3) is 0.381. The number of carbonyl (C=O) groups is 1. The van der Waals surface area contributed by atoms with Crippen LogP contribution in [0.1, 0.15) is 13.3 Å². The van der Waals surface area contributed by atoms with Crippen LogP contribution in [-0.2, 0) is 14.8 Å². The first-order valence-corrected chi connectivity index (χ1v) is 10.9. The molecule has 0 aromatic heterocycles. The molecule has 0 saturated carbocycles. The summed E-state index contributed by atoms with van der Waals surface area (Å²) in [5, 5.41) is 0. The second-order valence-electron chi connectivity index (χ2n) is 7.20. The van der Waals surface area contributed by atoms with Crippen LogP contribution in [0.3, 0.4) is 0 Å². The minimum absolute atomic E-state index is 0.0125.